The lowest BCUT2D eigenvalue weighted by molar-refractivity contribution is 0.0729. The molecule has 8 nitrogen and oxygen atoms in total. The van der Waals surface area contributed by atoms with Gasteiger partial charge in [-0.3, -0.25) is 14.9 Å². The van der Waals surface area contributed by atoms with Crippen molar-refractivity contribution in [1.82, 2.24) is 20.1 Å². The number of aromatic nitrogens is 3. The van der Waals surface area contributed by atoms with Crippen molar-refractivity contribution in [3.05, 3.63) is 88.9 Å². The van der Waals surface area contributed by atoms with E-state index < -0.39 is 6.04 Å². The molecule has 0 saturated carbocycles. The maximum Gasteiger partial charge on any atom is 0.273 e. The number of methoxy groups -OCH3 is 1. The number of pyridine rings is 1. The van der Waals surface area contributed by atoms with E-state index in [1.54, 1.807) is 30.5 Å². The number of aromatic amines is 1. The van der Waals surface area contributed by atoms with E-state index in [0.29, 0.717) is 47.2 Å². The number of hydrogen-bond donors (Lipinski definition) is 2. The van der Waals surface area contributed by atoms with Crippen LogP contribution in [-0.4, -0.2) is 44.8 Å². The van der Waals surface area contributed by atoms with E-state index in [4.69, 9.17) is 9.47 Å². The zero-order valence-electron chi connectivity index (χ0n) is 19.8. The van der Waals surface area contributed by atoms with Crippen LogP contribution in [0.5, 0.6) is 17.2 Å². The fourth-order valence-corrected chi connectivity index (χ4v) is 4.57. The van der Waals surface area contributed by atoms with Gasteiger partial charge in [-0.05, 0) is 55.3 Å². The number of carbonyl (C=O) groups excluding carboxylic acids is 1. The van der Waals surface area contributed by atoms with Gasteiger partial charge in [0, 0.05) is 30.1 Å². The minimum Gasteiger partial charge on any atom is -0.507 e. The molecule has 0 saturated heterocycles. The summed E-state index contributed by atoms with van der Waals surface area (Å²) in [4.78, 5) is 19.6. The van der Waals surface area contributed by atoms with Gasteiger partial charge in [-0.15, -0.1) is 0 Å². The van der Waals surface area contributed by atoms with Crippen LogP contribution in [0.1, 0.15) is 45.7 Å². The molecule has 1 aliphatic rings. The molecule has 5 rings (SSSR count). The van der Waals surface area contributed by atoms with E-state index in [2.05, 4.69) is 15.2 Å². The van der Waals surface area contributed by atoms with Crippen LogP contribution < -0.4 is 9.47 Å². The third-order valence-corrected chi connectivity index (χ3v) is 6.15. The van der Waals surface area contributed by atoms with Crippen molar-refractivity contribution in [3.8, 4) is 28.5 Å². The number of H-pyrrole nitrogens is 1. The van der Waals surface area contributed by atoms with Gasteiger partial charge in [-0.1, -0.05) is 23.8 Å². The normalized spacial score (nSPS) is 14.8. The Morgan fingerprint density at radius 2 is 2.00 bits per heavy atom. The molecule has 1 atom stereocenters. The number of amides is 1. The van der Waals surface area contributed by atoms with Gasteiger partial charge in [-0.2, -0.15) is 5.10 Å². The first kappa shape index (κ1) is 22.5. The number of benzene rings is 2. The molecular weight excluding hydrogens is 444 g/mol. The highest BCUT2D eigenvalue weighted by Gasteiger charge is 2.42. The second-order valence-corrected chi connectivity index (χ2v) is 8.42. The number of aromatic hydroxyl groups is 1. The molecule has 1 unspecified atom stereocenters. The molecule has 35 heavy (non-hydrogen) atoms. The van der Waals surface area contributed by atoms with Crippen molar-refractivity contribution < 1.29 is 19.4 Å². The fourth-order valence-electron chi connectivity index (χ4n) is 4.57. The largest absolute Gasteiger partial charge is 0.507 e. The van der Waals surface area contributed by atoms with Gasteiger partial charge in [0.2, 0.25) is 0 Å². The summed E-state index contributed by atoms with van der Waals surface area (Å²) < 4.78 is 11.3. The van der Waals surface area contributed by atoms with Crippen LogP contribution in [0, 0.1) is 6.92 Å². The summed E-state index contributed by atoms with van der Waals surface area (Å²) >= 11 is 0. The summed E-state index contributed by atoms with van der Waals surface area (Å²) in [5, 5.41) is 18.0. The van der Waals surface area contributed by atoms with E-state index in [9.17, 15) is 9.90 Å². The number of nitrogens with one attached hydrogen (secondary N) is 1. The van der Waals surface area contributed by atoms with Gasteiger partial charge in [0.15, 0.2) is 11.5 Å². The lowest BCUT2D eigenvalue weighted by Crippen LogP contribution is -2.29. The van der Waals surface area contributed by atoms with Crippen LogP contribution in [0.4, 0.5) is 0 Å². The Hall–Kier alpha value is -4.33. The molecule has 1 amide bonds. The number of aryl methyl sites for hydroxylation is 1. The number of fused-ring (bicyclic) bond motifs is 1. The smallest absolute Gasteiger partial charge is 0.273 e. The standard InChI is InChI=1S/C27H26N4O4/c1-4-35-21-10-8-18(13-22(21)34-3)26-23-24(19-12-16(2)7-9-20(19)32)29-30-25(23)27(33)31(26)15-17-6-5-11-28-14-17/h5-14,26,32H,4,15H2,1-3H3,(H,29,30). The number of phenols is 1. The van der Waals surface area contributed by atoms with Crippen LogP contribution in [0.3, 0.4) is 0 Å². The average Bonchev–Trinajstić information content (AvgIpc) is 3.41. The van der Waals surface area contributed by atoms with Crippen LogP contribution in [0.15, 0.2) is 60.9 Å². The van der Waals surface area contributed by atoms with Gasteiger partial charge in [0.25, 0.3) is 5.91 Å². The minimum atomic E-state index is -0.462. The number of hydrogen-bond acceptors (Lipinski definition) is 6. The highest BCUT2D eigenvalue weighted by molar-refractivity contribution is 6.00. The molecule has 0 spiro atoms. The highest BCUT2D eigenvalue weighted by atomic mass is 16.5. The second-order valence-electron chi connectivity index (χ2n) is 8.42. The minimum absolute atomic E-state index is 0.103. The summed E-state index contributed by atoms with van der Waals surface area (Å²) in [6.07, 6.45) is 3.45. The summed E-state index contributed by atoms with van der Waals surface area (Å²) in [5.74, 6) is 1.14. The zero-order valence-corrected chi connectivity index (χ0v) is 19.8. The van der Waals surface area contributed by atoms with Crippen LogP contribution in [-0.2, 0) is 6.54 Å². The van der Waals surface area contributed by atoms with Crippen molar-refractivity contribution in [1.29, 1.82) is 0 Å². The molecule has 8 heteroatoms. The van der Waals surface area contributed by atoms with Gasteiger partial charge in [0.1, 0.15) is 17.1 Å². The van der Waals surface area contributed by atoms with Gasteiger partial charge < -0.3 is 19.5 Å². The molecular formula is C27H26N4O4. The van der Waals surface area contributed by atoms with Crippen molar-refractivity contribution in [2.75, 3.05) is 13.7 Å². The Morgan fingerprint density at radius 3 is 2.74 bits per heavy atom. The number of carbonyl (C=O) groups is 1. The number of nitrogens with zero attached hydrogens (tertiary/aromatic N) is 3. The SMILES string of the molecule is CCOc1ccc(C2c3c(-c4cc(C)ccc4O)n[nH]c3C(=O)N2Cc2cccnc2)cc1OC. The lowest BCUT2D eigenvalue weighted by atomic mass is 9.94. The predicted molar refractivity (Wildman–Crippen MR) is 131 cm³/mol. The molecule has 0 aliphatic carbocycles. The third-order valence-electron chi connectivity index (χ3n) is 6.15. The van der Waals surface area contributed by atoms with Crippen LogP contribution in [0.2, 0.25) is 0 Å². The summed E-state index contributed by atoms with van der Waals surface area (Å²) in [6.45, 7) is 4.73. The van der Waals surface area contributed by atoms with E-state index >= 15 is 0 Å². The van der Waals surface area contributed by atoms with Crippen molar-refractivity contribution in [3.63, 3.8) is 0 Å². The molecule has 2 N–H and O–H groups in total. The third kappa shape index (κ3) is 3.97. The fraction of sp³-hybridized carbons (Fsp3) is 0.222. The Labute approximate surface area is 203 Å². The van der Waals surface area contributed by atoms with E-state index in [0.717, 1.165) is 16.7 Å². The van der Waals surface area contributed by atoms with Gasteiger partial charge in [0.05, 0.1) is 19.8 Å². The first-order valence-electron chi connectivity index (χ1n) is 11.4. The molecule has 178 valence electrons. The van der Waals surface area contributed by atoms with Crippen molar-refractivity contribution >= 4 is 5.91 Å². The second kappa shape index (κ2) is 9.13. The predicted octanol–water partition coefficient (Wildman–Crippen LogP) is 4.64. The molecule has 3 heterocycles. The Morgan fingerprint density at radius 1 is 1.14 bits per heavy atom. The summed E-state index contributed by atoms with van der Waals surface area (Å²) in [6, 6.07) is 14.4. The summed E-state index contributed by atoms with van der Waals surface area (Å²) in [5.41, 5.74) is 4.96. The quantitative estimate of drug-likeness (QED) is 0.408. The van der Waals surface area contributed by atoms with E-state index in [1.807, 2.05) is 56.3 Å². The summed E-state index contributed by atoms with van der Waals surface area (Å²) in [7, 11) is 1.59. The number of rotatable bonds is 7. The van der Waals surface area contributed by atoms with Crippen molar-refractivity contribution in [2.24, 2.45) is 0 Å². The zero-order chi connectivity index (χ0) is 24.5. The van der Waals surface area contributed by atoms with E-state index in [1.165, 1.54) is 0 Å². The molecule has 4 aromatic rings. The van der Waals surface area contributed by atoms with Gasteiger partial charge >= 0.3 is 0 Å². The van der Waals surface area contributed by atoms with E-state index in [-0.39, 0.29) is 11.7 Å². The highest BCUT2D eigenvalue weighted by Crippen LogP contribution is 2.46. The molecule has 0 bridgehead atoms. The molecule has 2 aromatic carbocycles. The number of ether oxygens (including phenoxy) is 2. The Kier molecular flexibility index (Phi) is 5.86. The molecule has 1 aliphatic heterocycles. The maximum atomic E-state index is 13.6. The lowest BCUT2D eigenvalue weighted by Gasteiger charge is -2.27. The Balaban J connectivity index is 1.68. The first-order chi connectivity index (χ1) is 17.0. The molecule has 0 fully saturated rings. The topological polar surface area (TPSA) is 101 Å². The van der Waals surface area contributed by atoms with Crippen molar-refractivity contribution in [2.45, 2.75) is 26.4 Å². The van der Waals surface area contributed by atoms with Gasteiger partial charge in [-0.25, -0.2) is 0 Å². The van der Waals surface area contributed by atoms with Crippen LogP contribution in [0.25, 0.3) is 11.3 Å². The molecule has 2 aromatic heterocycles. The number of phenolic OH excluding ortho intramolecular Hbond substituents is 1. The average molecular weight is 471 g/mol. The first-order valence-corrected chi connectivity index (χ1v) is 11.4. The maximum absolute atomic E-state index is 13.6. The Bertz CT molecular complexity index is 1380. The monoisotopic (exact) mass is 470 g/mol. The molecule has 0 radical (unpaired) electrons. The van der Waals surface area contributed by atoms with Crippen LogP contribution >= 0.6 is 0 Å².